The summed E-state index contributed by atoms with van der Waals surface area (Å²) in [4.78, 5) is 13.5. The highest BCUT2D eigenvalue weighted by atomic mass is 35.5. The molecule has 0 atom stereocenters. The average molecular weight is 488 g/mol. The van der Waals surface area contributed by atoms with Gasteiger partial charge < -0.3 is 14.6 Å². The molecule has 7 nitrogen and oxygen atoms in total. The molecule has 1 aliphatic heterocycles. The van der Waals surface area contributed by atoms with Crippen LogP contribution in [0.15, 0.2) is 12.1 Å². The zero-order chi connectivity index (χ0) is 23.8. The lowest BCUT2D eigenvalue weighted by Gasteiger charge is -2.34. The SMILES string of the molecule is COC1CCC(CN2CCc3[nH]nc(-c4cc(Cl)c(OC(=O)C(F)(F)F)cc4O)c3C2)CC1. The summed E-state index contributed by atoms with van der Waals surface area (Å²) in [5.41, 5.74) is 2.60. The van der Waals surface area contributed by atoms with Gasteiger partial charge in [-0.15, -0.1) is 0 Å². The Balaban J connectivity index is 1.50. The number of fused-ring (bicyclic) bond motifs is 1. The number of hydrogen-bond acceptors (Lipinski definition) is 6. The molecule has 0 unspecified atom stereocenters. The molecule has 1 aromatic heterocycles. The highest BCUT2D eigenvalue weighted by Gasteiger charge is 2.42. The maximum atomic E-state index is 12.5. The third-order valence-corrected chi connectivity index (χ3v) is 6.69. The highest BCUT2D eigenvalue weighted by Crippen LogP contribution is 2.40. The summed E-state index contributed by atoms with van der Waals surface area (Å²) in [5, 5.41) is 17.6. The molecule has 0 bridgehead atoms. The van der Waals surface area contributed by atoms with Crippen molar-refractivity contribution >= 4 is 17.6 Å². The van der Waals surface area contributed by atoms with Crippen LogP contribution in [0.4, 0.5) is 13.2 Å². The lowest BCUT2D eigenvalue weighted by molar-refractivity contribution is -0.189. The van der Waals surface area contributed by atoms with Gasteiger partial charge in [-0.3, -0.25) is 10.00 Å². The van der Waals surface area contributed by atoms with Crippen molar-refractivity contribution in [2.45, 2.75) is 50.9 Å². The average Bonchev–Trinajstić information content (AvgIpc) is 3.19. The predicted molar refractivity (Wildman–Crippen MR) is 114 cm³/mol. The summed E-state index contributed by atoms with van der Waals surface area (Å²) in [6.45, 7) is 2.48. The number of nitrogens with zero attached hydrogens (tertiary/aromatic N) is 2. The number of aromatic hydroxyl groups is 1. The Morgan fingerprint density at radius 1 is 1.30 bits per heavy atom. The largest absolute Gasteiger partial charge is 0.507 e. The van der Waals surface area contributed by atoms with Crippen LogP contribution in [0.1, 0.15) is 36.9 Å². The Bertz CT molecular complexity index is 1020. The number of H-pyrrole nitrogens is 1. The first-order chi connectivity index (χ1) is 15.7. The molecule has 0 saturated heterocycles. The van der Waals surface area contributed by atoms with Crippen molar-refractivity contribution in [1.82, 2.24) is 15.1 Å². The van der Waals surface area contributed by atoms with Gasteiger partial charge in [-0.1, -0.05) is 11.6 Å². The second kappa shape index (κ2) is 9.52. The van der Waals surface area contributed by atoms with Gasteiger partial charge in [-0.05, 0) is 37.7 Å². The van der Waals surface area contributed by atoms with Gasteiger partial charge in [0, 0.05) is 56.1 Å². The summed E-state index contributed by atoms with van der Waals surface area (Å²) in [7, 11) is 1.76. The predicted octanol–water partition coefficient (Wildman–Crippen LogP) is 4.47. The maximum Gasteiger partial charge on any atom is 0.491 e. The van der Waals surface area contributed by atoms with Crippen LogP contribution >= 0.6 is 11.6 Å². The van der Waals surface area contributed by atoms with E-state index in [0.29, 0.717) is 24.3 Å². The van der Waals surface area contributed by atoms with Gasteiger partial charge in [0.05, 0.1) is 11.1 Å². The van der Waals surface area contributed by atoms with E-state index >= 15 is 0 Å². The third kappa shape index (κ3) is 5.28. The number of carbonyl (C=O) groups excluding carboxylic acids is 1. The van der Waals surface area contributed by atoms with E-state index in [1.165, 1.54) is 6.07 Å². The molecular formula is C22H25ClF3N3O4. The minimum atomic E-state index is -5.18. The molecule has 1 fully saturated rings. The molecule has 4 rings (SSSR count). The number of rotatable bonds is 5. The number of esters is 1. The van der Waals surface area contributed by atoms with E-state index in [1.807, 2.05) is 0 Å². The first kappa shape index (κ1) is 23.8. The van der Waals surface area contributed by atoms with Crippen LogP contribution in [0.5, 0.6) is 11.5 Å². The van der Waals surface area contributed by atoms with Crippen LogP contribution in [-0.4, -0.2) is 58.7 Å². The minimum absolute atomic E-state index is 0.236. The third-order valence-electron chi connectivity index (χ3n) is 6.40. The van der Waals surface area contributed by atoms with E-state index in [9.17, 15) is 23.1 Å². The number of methoxy groups -OCH3 is 1. The van der Waals surface area contributed by atoms with E-state index in [4.69, 9.17) is 16.3 Å². The second-order valence-electron chi connectivity index (χ2n) is 8.58. The monoisotopic (exact) mass is 487 g/mol. The molecule has 2 aliphatic rings. The van der Waals surface area contributed by atoms with Crippen LogP contribution in [0.25, 0.3) is 11.3 Å². The van der Waals surface area contributed by atoms with Crippen molar-refractivity contribution in [3.8, 4) is 22.8 Å². The van der Waals surface area contributed by atoms with Crippen molar-refractivity contribution in [1.29, 1.82) is 0 Å². The quantitative estimate of drug-likeness (QED) is 0.478. The standard InChI is InChI=1S/C22H25ClF3N3O4/c1-32-13-4-2-12(3-5-13)10-29-7-6-17-15(11-29)20(28-27-17)14-8-16(23)19(9-18(14)30)33-21(31)22(24,25)26/h8-9,12-13,30H,2-7,10-11H2,1H3,(H,27,28). The lowest BCUT2D eigenvalue weighted by Crippen LogP contribution is -2.36. The van der Waals surface area contributed by atoms with Gasteiger partial charge in [-0.25, -0.2) is 4.79 Å². The Hall–Kier alpha value is -2.30. The Kier molecular flexibility index (Phi) is 6.88. The number of alkyl halides is 3. The number of hydrogen-bond donors (Lipinski definition) is 2. The molecule has 0 amide bonds. The summed E-state index contributed by atoms with van der Waals surface area (Å²) in [6, 6.07) is 2.16. The fourth-order valence-corrected chi connectivity index (χ4v) is 4.82. The van der Waals surface area contributed by atoms with Crippen LogP contribution in [-0.2, 0) is 22.5 Å². The molecule has 2 aromatic rings. The van der Waals surface area contributed by atoms with Crippen LogP contribution in [0.3, 0.4) is 0 Å². The molecule has 1 saturated carbocycles. The molecule has 0 spiro atoms. The second-order valence-corrected chi connectivity index (χ2v) is 8.99. The first-order valence-electron chi connectivity index (χ1n) is 10.8. The van der Waals surface area contributed by atoms with Crippen molar-refractivity contribution < 1.29 is 32.5 Å². The minimum Gasteiger partial charge on any atom is -0.507 e. The topological polar surface area (TPSA) is 87.7 Å². The van der Waals surface area contributed by atoms with Gasteiger partial charge in [0.1, 0.15) is 11.4 Å². The molecule has 33 heavy (non-hydrogen) atoms. The van der Waals surface area contributed by atoms with Crippen molar-refractivity contribution in [2.75, 3.05) is 20.2 Å². The lowest BCUT2D eigenvalue weighted by atomic mass is 9.86. The number of halogens is 4. The highest BCUT2D eigenvalue weighted by molar-refractivity contribution is 6.32. The number of aromatic nitrogens is 2. The molecule has 1 aromatic carbocycles. The smallest absolute Gasteiger partial charge is 0.491 e. The van der Waals surface area contributed by atoms with E-state index in [-0.39, 0.29) is 16.3 Å². The maximum absolute atomic E-state index is 12.5. The van der Waals surface area contributed by atoms with Crippen molar-refractivity contribution in [3.05, 3.63) is 28.4 Å². The number of phenolic OH excluding ortho intramolecular Hbond substituents is 1. The Morgan fingerprint density at radius 2 is 2.03 bits per heavy atom. The number of phenols is 1. The zero-order valence-electron chi connectivity index (χ0n) is 18.0. The van der Waals surface area contributed by atoms with Crippen molar-refractivity contribution in [3.63, 3.8) is 0 Å². The van der Waals surface area contributed by atoms with Gasteiger partial charge in [-0.2, -0.15) is 18.3 Å². The number of nitrogens with one attached hydrogen (secondary N) is 1. The van der Waals surface area contributed by atoms with Gasteiger partial charge in [0.2, 0.25) is 0 Å². The normalized spacial score (nSPS) is 21.6. The number of carbonyl (C=O) groups is 1. The van der Waals surface area contributed by atoms with E-state index in [0.717, 1.165) is 62.5 Å². The Labute approximate surface area is 193 Å². The molecule has 2 N–H and O–H groups in total. The summed E-state index contributed by atoms with van der Waals surface area (Å²) in [6.07, 6.45) is 0.310. The molecule has 2 heterocycles. The van der Waals surface area contributed by atoms with Crippen LogP contribution in [0, 0.1) is 5.92 Å². The van der Waals surface area contributed by atoms with Crippen LogP contribution < -0.4 is 4.74 Å². The first-order valence-corrected chi connectivity index (χ1v) is 11.2. The summed E-state index contributed by atoms with van der Waals surface area (Å²) in [5.74, 6) is -2.77. The fraction of sp³-hybridized carbons (Fsp3) is 0.545. The molecule has 180 valence electrons. The van der Waals surface area contributed by atoms with Gasteiger partial charge in [0.15, 0.2) is 5.75 Å². The van der Waals surface area contributed by atoms with Crippen LogP contribution in [0.2, 0.25) is 5.02 Å². The van der Waals surface area contributed by atoms with Gasteiger partial charge in [0.25, 0.3) is 0 Å². The van der Waals surface area contributed by atoms with E-state index in [2.05, 4.69) is 19.8 Å². The van der Waals surface area contributed by atoms with Gasteiger partial charge >= 0.3 is 12.1 Å². The molecule has 1 aliphatic carbocycles. The summed E-state index contributed by atoms with van der Waals surface area (Å²) >= 11 is 6.06. The molecular weight excluding hydrogens is 463 g/mol. The number of benzene rings is 1. The van der Waals surface area contributed by atoms with E-state index < -0.39 is 17.9 Å². The fourth-order valence-electron chi connectivity index (χ4n) is 4.61. The molecule has 11 heteroatoms. The number of aromatic amines is 1. The molecule has 0 radical (unpaired) electrons. The van der Waals surface area contributed by atoms with Crippen molar-refractivity contribution in [2.24, 2.45) is 5.92 Å². The Morgan fingerprint density at radius 3 is 2.70 bits per heavy atom. The van der Waals surface area contributed by atoms with E-state index in [1.54, 1.807) is 7.11 Å². The summed E-state index contributed by atoms with van der Waals surface area (Å²) < 4.78 is 47.2. The zero-order valence-corrected chi connectivity index (χ0v) is 18.8. The number of ether oxygens (including phenoxy) is 2.